The molecule has 0 N–H and O–H groups in total. The van der Waals surface area contributed by atoms with Crippen LogP contribution in [0.4, 0.5) is 0 Å². The Morgan fingerprint density at radius 3 is 1.61 bits per heavy atom. The molecule has 44 heavy (non-hydrogen) atoms. The largest absolute Gasteiger partial charge is 0.488 e. The summed E-state index contributed by atoms with van der Waals surface area (Å²) in [4.78, 5) is 24.7. The van der Waals surface area contributed by atoms with Crippen molar-refractivity contribution in [1.29, 1.82) is 0 Å². The van der Waals surface area contributed by atoms with Crippen LogP contribution in [-0.2, 0) is 35.0 Å². The van der Waals surface area contributed by atoms with E-state index in [9.17, 15) is 9.59 Å². The highest BCUT2D eigenvalue weighted by Gasteiger charge is 2.22. The Morgan fingerprint density at radius 1 is 0.682 bits per heavy atom. The van der Waals surface area contributed by atoms with Crippen molar-refractivity contribution in [2.45, 2.75) is 65.1 Å². The van der Waals surface area contributed by atoms with E-state index in [1.54, 1.807) is 12.2 Å². The lowest BCUT2D eigenvalue weighted by atomic mass is 9.98. The van der Waals surface area contributed by atoms with Crippen molar-refractivity contribution in [3.8, 4) is 11.5 Å². The Kier molecular flexibility index (Phi) is 14.7. The van der Waals surface area contributed by atoms with Gasteiger partial charge in [-0.25, -0.2) is 0 Å². The van der Waals surface area contributed by atoms with E-state index in [0.29, 0.717) is 50.4 Å². The van der Waals surface area contributed by atoms with Crippen molar-refractivity contribution in [2.24, 2.45) is 0 Å². The van der Waals surface area contributed by atoms with E-state index in [2.05, 4.69) is 32.2 Å². The number of carbonyl (C=O) groups is 2. The molecule has 3 rings (SSSR count). The second-order valence-corrected chi connectivity index (χ2v) is 10.4. The third kappa shape index (κ3) is 10.1. The van der Waals surface area contributed by atoms with Gasteiger partial charge in [0.15, 0.2) is 12.2 Å². The summed E-state index contributed by atoms with van der Waals surface area (Å²) in [7, 11) is 0. The fourth-order valence-corrected chi connectivity index (χ4v) is 4.73. The fourth-order valence-electron chi connectivity index (χ4n) is 4.73. The minimum Gasteiger partial charge on any atom is -0.488 e. The SMILES string of the molecule is C=CCOCC(COc1c2ccccc2c(OCC(COCC=C)OC(=O)CCC)c2cc(CC)ccc12)OC(=O)CCC. The number of rotatable bonds is 21. The molecule has 0 bridgehead atoms. The van der Waals surface area contributed by atoms with Crippen LogP contribution < -0.4 is 9.47 Å². The first-order chi connectivity index (χ1) is 21.4. The van der Waals surface area contributed by atoms with E-state index in [1.807, 2.05) is 44.2 Å². The van der Waals surface area contributed by atoms with Crippen LogP contribution in [0.15, 0.2) is 67.8 Å². The lowest BCUT2D eigenvalue weighted by Crippen LogP contribution is -2.30. The molecule has 0 amide bonds. The van der Waals surface area contributed by atoms with Crippen LogP contribution in [0, 0.1) is 0 Å². The third-order valence-electron chi connectivity index (χ3n) is 6.81. The first-order valence-corrected chi connectivity index (χ1v) is 15.4. The zero-order chi connectivity index (χ0) is 31.7. The van der Waals surface area contributed by atoms with Gasteiger partial charge in [-0.05, 0) is 30.9 Å². The molecule has 0 aliphatic carbocycles. The molecular formula is C36H46O8. The summed E-state index contributed by atoms with van der Waals surface area (Å²) in [6, 6.07) is 14.0. The summed E-state index contributed by atoms with van der Waals surface area (Å²) in [5.41, 5.74) is 1.13. The normalized spacial score (nSPS) is 12.4. The average Bonchev–Trinajstić information content (AvgIpc) is 3.02. The molecule has 2 unspecified atom stereocenters. The molecule has 0 spiro atoms. The van der Waals surface area contributed by atoms with Gasteiger partial charge in [0.2, 0.25) is 0 Å². The highest BCUT2D eigenvalue weighted by atomic mass is 16.6. The summed E-state index contributed by atoms with van der Waals surface area (Å²) < 4.78 is 35.6. The summed E-state index contributed by atoms with van der Waals surface area (Å²) in [6.07, 6.45) is 4.97. The molecule has 2 atom stereocenters. The van der Waals surface area contributed by atoms with E-state index < -0.39 is 12.2 Å². The van der Waals surface area contributed by atoms with Crippen molar-refractivity contribution in [2.75, 3.05) is 39.6 Å². The molecule has 0 aromatic heterocycles. The van der Waals surface area contributed by atoms with Crippen molar-refractivity contribution in [3.63, 3.8) is 0 Å². The second-order valence-electron chi connectivity index (χ2n) is 10.4. The summed E-state index contributed by atoms with van der Waals surface area (Å²) >= 11 is 0. The van der Waals surface area contributed by atoms with Gasteiger partial charge in [0.25, 0.3) is 0 Å². The van der Waals surface area contributed by atoms with Crippen molar-refractivity contribution in [1.82, 2.24) is 0 Å². The standard InChI is InChI=1S/C36H46O8/c1-6-13-33(37)43-27(22-39-19-8-3)24-41-35-29-15-11-12-16-30(29)36(32-21-26(10-5)17-18-31(32)35)42-25-28(23-40-20-9-4)44-34(38)14-7-2/h8-9,11-12,15-18,21,27-28H,3-4,6-7,10,13-14,19-20,22-25H2,1-2,5H3. The van der Waals surface area contributed by atoms with Gasteiger partial charge in [0.05, 0.1) is 26.4 Å². The van der Waals surface area contributed by atoms with Gasteiger partial charge in [0, 0.05) is 34.4 Å². The average molecular weight is 607 g/mol. The molecule has 0 aliphatic heterocycles. The lowest BCUT2D eigenvalue weighted by Gasteiger charge is -2.23. The molecule has 8 nitrogen and oxygen atoms in total. The molecule has 3 aromatic carbocycles. The maximum Gasteiger partial charge on any atom is 0.306 e. The Balaban J connectivity index is 2.00. The first-order valence-electron chi connectivity index (χ1n) is 15.4. The van der Waals surface area contributed by atoms with Crippen LogP contribution in [0.2, 0.25) is 0 Å². The molecule has 8 heteroatoms. The van der Waals surface area contributed by atoms with Gasteiger partial charge >= 0.3 is 11.9 Å². The van der Waals surface area contributed by atoms with Crippen molar-refractivity contribution < 1.29 is 38.0 Å². The van der Waals surface area contributed by atoms with Crippen LogP contribution in [0.3, 0.4) is 0 Å². The topological polar surface area (TPSA) is 89.5 Å². The summed E-state index contributed by atoms with van der Waals surface area (Å²) in [5.74, 6) is 0.742. The Hall–Kier alpha value is -3.88. The Labute approximate surface area is 260 Å². The van der Waals surface area contributed by atoms with Gasteiger partial charge in [-0.3, -0.25) is 9.59 Å². The summed E-state index contributed by atoms with van der Waals surface area (Å²) in [5, 5.41) is 3.40. The maximum absolute atomic E-state index is 12.3. The molecule has 0 fully saturated rings. The van der Waals surface area contributed by atoms with Gasteiger partial charge < -0.3 is 28.4 Å². The van der Waals surface area contributed by atoms with Gasteiger partial charge in [-0.1, -0.05) is 69.3 Å². The molecule has 0 saturated carbocycles. The number of ether oxygens (including phenoxy) is 6. The van der Waals surface area contributed by atoms with E-state index in [4.69, 9.17) is 28.4 Å². The zero-order valence-electron chi connectivity index (χ0n) is 26.3. The first kappa shape index (κ1) is 34.6. The highest BCUT2D eigenvalue weighted by Crippen LogP contribution is 2.43. The molecular weight excluding hydrogens is 560 g/mol. The number of benzene rings is 3. The van der Waals surface area contributed by atoms with Crippen LogP contribution in [0.5, 0.6) is 11.5 Å². The Bertz CT molecular complexity index is 1380. The van der Waals surface area contributed by atoms with Gasteiger partial charge in [-0.2, -0.15) is 0 Å². The monoisotopic (exact) mass is 606 g/mol. The van der Waals surface area contributed by atoms with Gasteiger partial charge in [0.1, 0.15) is 24.7 Å². The smallest absolute Gasteiger partial charge is 0.306 e. The van der Waals surface area contributed by atoms with Crippen LogP contribution >= 0.6 is 0 Å². The number of hydrogen-bond acceptors (Lipinski definition) is 8. The number of aryl methyl sites for hydroxylation is 1. The summed E-state index contributed by atoms with van der Waals surface area (Å²) in [6.45, 7) is 14.6. The molecule has 0 aliphatic rings. The lowest BCUT2D eigenvalue weighted by molar-refractivity contribution is -0.154. The van der Waals surface area contributed by atoms with Crippen molar-refractivity contribution >= 4 is 33.5 Å². The van der Waals surface area contributed by atoms with Gasteiger partial charge in [-0.15, -0.1) is 13.2 Å². The quantitative estimate of drug-likeness (QED) is 0.0547. The van der Waals surface area contributed by atoms with Crippen LogP contribution in [0.25, 0.3) is 21.5 Å². The van der Waals surface area contributed by atoms with Crippen LogP contribution in [-0.4, -0.2) is 63.8 Å². The van der Waals surface area contributed by atoms with E-state index in [0.717, 1.165) is 33.5 Å². The molecule has 238 valence electrons. The second kappa shape index (κ2) is 18.7. The number of fused-ring (bicyclic) bond motifs is 2. The highest BCUT2D eigenvalue weighted by molar-refractivity contribution is 6.11. The predicted molar refractivity (Wildman–Crippen MR) is 173 cm³/mol. The van der Waals surface area contributed by atoms with E-state index in [1.165, 1.54) is 0 Å². The third-order valence-corrected chi connectivity index (χ3v) is 6.81. The van der Waals surface area contributed by atoms with E-state index >= 15 is 0 Å². The van der Waals surface area contributed by atoms with Crippen molar-refractivity contribution in [3.05, 3.63) is 73.3 Å². The molecule has 3 aromatic rings. The molecule has 0 saturated heterocycles. The number of esters is 2. The maximum atomic E-state index is 12.3. The minimum absolute atomic E-state index is 0.109. The van der Waals surface area contributed by atoms with E-state index in [-0.39, 0.29) is 38.4 Å². The number of hydrogen-bond donors (Lipinski definition) is 0. The zero-order valence-corrected chi connectivity index (χ0v) is 26.3. The van der Waals surface area contributed by atoms with Crippen LogP contribution in [0.1, 0.15) is 52.0 Å². The molecule has 0 heterocycles. The predicted octanol–water partition coefficient (Wildman–Crippen LogP) is 7.14. The minimum atomic E-state index is -0.595. The molecule has 0 radical (unpaired) electrons. The Morgan fingerprint density at radius 2 is 1.16 bits per heavy atom. The number of carbonyl (C=O) groups excluding carboxylic acids is 2. The fraction of sp³-hybridized carbons (Fsp3) is 0.444.